The number of carbonyl (C=O) groups is 1. The molecule has 1 saturated heterocycles. The minimum Gasteiger partial charge on any atom is -0.370 e. The Kier molecular flexibility index (Phi) is 6.03. The molecule has 2 aromatic heterocycles. The van der Waals surface area contributed by atoms with Gasteiger partial charge in [-0.25, -0.2) is 4.98 Å². The maximum atomic E-state index is 12.0. The summed E-state index contributed by atoms with van der Waals surface area (Å²) < 4.78 is 5.28. The van der Waals surface area contributed by atoms with E-state index >= 15 is 0 Å². The Morgan fingerprint density at radius 1 is 1.28 bits per heavy atom. The first-order valence-electron chi connectivity index (χ1n) is 10.5. The zero-order valence-corrected chi connectivity index (χ0v) is 19.4. The predicted molar refractivity (Wildman–Crippen MR) is 129 cm³/mol. The molecule has 1 aliphatic rings. The smallest absolute Gasteiger partial charge is 0.237 e. The molecule has 0 unspecified atom stereocenters. The van der Waals surface area contributed by atoms with Gasteiger partial charge in [0.2, 0.25) is 5.91 Å². The summed E-state index contributed by atoms with van der Waals surface area (Å²) in [6.07, 6.45) is 1.31. The van der Waals surface area contributed by atoms with Gasteiger partial charge in [-0.05, 0) is 45.9 Å². The second-order valence-corrected chi connectivity index (χ2v) is 8.90. The second kappa shape index (κ2) is 8.76. The van der Waals surface area contributed by atoms with E-state index in [2.05, 4.69) is 33.3 Å². The number of thiazole rings is 1. The number of aryl methyl sites for hydroxylation is 2. The number of carbonyl (C=O) groups excluding carboxylic acids is 1. The predicted octanol–water partition coefficient (Wildman–Crippen LogP) is 3.54. The van der Waals surface area contributed by atoms with Crippen molar-refractivity contribution in [3.8, 4) is 10.6 Å². The lowest BCUT2D eigenvalue weighted by Crippen LogP contribution is -2.59. The first-order chi connectivity index (χ1) is 15.3. The molecule has 3 heterocycles. The van der Waals surface area contributed by atoms with Crippen molar-refractivity contribution in [2.24, 2.45) is 5.73 Å². The van der Waals surface area contributed by atoms with Gasteiger partial charge in [0.15, 0.2) is 0 Å². The van der Waals surface area contributed by atoms with E-state index in [9.17, 15) is 4.79 Å². The quantitative estimate of drug-likeness (QED) is 0.503. The van der Waals surface area contributed by atoms with E-state index in [1.807, 2.05) is 37.4 Å². The van der Waals surface area contributed by atoms with Crippen molar-refractivity contribution < 1.29 is 9.32 Å². The number of benzene rings is 1. The number of piperidine rings is 1. The zero-order valence-electron chi connectivity index (χ0n) is 18.6. The number of nitrogens with zero attached hydrogens (tertiary/aromatic N) is 3. The topological polar surface area (TPSA) is 109 Å². The van der Waals surface area contributed by atoms with Gasteiger partial charge in [0.1, 0.15) is 16.3 Å². The van der Waals surface area contributed by atoms with Crippen molar-refractivity contribution >= 4 is 34.3 Å². The molecule has 4 rings (SSSR count). The largest absolute Gasteiger partial charge is 0.370 e. The van der Waals surface area contributed by atoms with Crippen LogP contribution >= 0.6 is 11.3 Å². The fraction of sp³-hybridized carbons (Fsp3) is 0.348. The lowest BCUT2D eigenvalue weighted by molar-refractivity contribution is -0.125. The summed E-state index contributed by atoms with van der Waals surface area (Å²) in [5, 5.41) is 13.4. The number of nitrogens with two attached hydrogens (primary N) is 1. The monoisotopic (exact) mass is 452 g/mol. The Morgan fingerprint density at radius 2 is 2.00 bits per heavy atom. The fourth-order valence-corrected chi connectivity index (χ4v) is 5.12. The van der Waals surface area contributed by atoms with Crippen LogP contribution in [-0.4, -0.2) is 41.7 Å². The summed E-state index contributed by atoms with van der Waals surface area (Å²) in [5.74, 6) is 0.461. The van der Waals surface area contributed by atoms with E-state index in [4.69, 9.17) is 15.2 Å². The lowest BCUT2D eigenvalue weighted by Gasteiger charge is -2.41. The summed E-state index contributed by atoms with van der Waals surface area (Å²) in [7, 11) is 1.80. The number of hydrogen-bond acceptors (Lipinski definition) is 8. The number of amides is 1. The van der Waals surface area contributed by atoms with E-state index in [0.29, 0.717) is 18.5 Å². The molecule has 1 aromatic carbocycles. The fourth-order valence-electron chi connectivity index (χ4n) is 4.15. The summed E-state index contributed by atoms with van der Waals surface area (Å²) in [6.45, 7) is 9.46. The zero-order chi connectivity index (χ0) is 22.9. The highest BCUT2D eigenvalue weighted by atomic mass is 32.1. The number of rotatable bonds is 7. The molecule has 8 nitrogen and oxygen atoms in total. The van der Waals surface area contributed by atoms with Crippen LogP contribution in [0, 0.1) is 13.8 Å². The number of aromatic nitrogens is 2. The van der Waals surface area contributed by atoms with Crippen molar-refractivity contribution in [3.63, 3.8) is 0 Å². The highest BCUT2D eigenvalue weighted by Crippen LogP contribution is 2.34. The molecule has 168 valence electrons. The molecule has 0 bridgehead atoms. The molecule has 1 fully saturated rings. The number of likely N-dealkylation sites (N-methyl/N-ethyl adjacent to an activating group) is 1. The molecule has 0 aliphatic carbocycles. The Balaban J connectivity index is 1.51. The van der Waals surface area contributed by atoms with E-state index < -0.39 is 5.54 Å². The third-order valence-corrected chi connectivity index (χ3v) is 7.02. The maximum absolute atomic E-state index is 12.0. The van der Waals surface area contributed by atoms with E-state index in [-0.39, 0.29) is 5.91 Å². The first kappa shape index (κ1) is 22.0. The average molecular weight is 453 g/mol. The minimum atomic E-state index is -0.641. The van der Waals surface area contributed by atoms with Crippen LogP contribution in [0.25, 0.3) is 16.3 Å². The normalized spacial score (nSPS) is 15.5. The van der Waals surface area contributed by atoms with E-state index in [1.165, 1.54) is 11.3 Å². The maximum Gasteiger partial charge on any atom is 0.237 e. The van der Waals surface area contributed by atoms with Crippen LogP contribution in [0.4, 0.5) is 11.4 Å². The molecule has 0 saturated carbocycles. The van der Waals surface area contributed by atoms with E-state index in [0.717, 1.165) is 52.2 Å². The Labute approximate surface area is 191 Å². The van der Waals surface area contributed by atoms with Crippen molar-refractivity contribution in [1.82, 2.24) is 15.5 Å². The van der Waals surface area contributed by atoms with Gasteiger partial charge in [0.25, 0.3) is 0 Å². The van der Waals surface area contributed by atoms with Gasteiger partial charge >= 0.3 is 0 Å². The number of nitrogens with one attached hydrogen (secondary N) is 2. The molecule has 1 amide bonds. The van der Waals surface area contributed by atoms with Gasteiger partial charge in [0.05, 0.1) is 34.0 Å². The number of para-hydroxylation sites is 2. The van der Waals surface area contributed by atoms with E-state index in [1.54, 1.807) is 7.05 Å². The highest BCUT2D eigenvalue weighted by Gasteiger charge is 2.38. The van der Waals surface area contributed by atoms with Crippen LogP contribution < -0.4 is 21.3 Å². The number of primary amides is 1. The van der Waals surface area contributed by atoms with Gasteiger partial charge in [-0.1, -0.05) is 23.9 Å². The van der Waals surface area contributed by atoms with Crippen LogP contribution in [0.2, 0.25) is 0 Å². The average Bonchev–Trinajstić information content (AvgIpc) is 3.40. The van der Waals surface area contributed by atoms with Crippen LogP contribution in [0.5, 0.6) is 0 Å². The standard InChI is InChI=1S/C23H28N6O2S/c1-14(18-13-32-21(27-18)20-15(2)28-31-16(20)3)26-17-7-5-6-8-19(17)29-11-9-23(25-4,10-12-29)22(24)30/h5-8,13,25-26H,1,9-12H2,2-4H3,(H2,24,30). The molecular weight excluding hydrogens is 424 g/mol. The molecule has 9 heteroatoms. The summed E-state index contributed by atoms with van der Waals surface area (Å²) in [6, 6.07) is 8.09. The number of anilines is 2. The SMILES string of the molecule is C=C(Nc1ccccc1N1CCC(NC)(C(N)=O)CC1)c1csc(-c2c(C)noc2C)n1. The van der Waals surface area contributed by atoms with Crippen LogP contribution in [0.3, 0.4) is 0 Å². The minimum absolute atomic E-state index is 0.294. The molecular formula is C23H28N6O2S. The van der Waals surface area contributed by atoms with Crippen LogP contribution in [0.15, 0.2) is 40.7 Å². The van der Waals surface area contributed by atoms with Crippen molar-refractivity contribution in [2.75, 3.05) is 30.4 Å². The van der Waals surface area contributed by atoms with Gasteiger partial charge in [0, 0.05) is 18.5 Å². The first-order valence-corrected chi connectivity index (χ1v) is 11.4. The van der Waals surface area contributed by atoms with Crippen molar-refractivity contribution in [3.05, 3.63) is 53.4 Å². The molecule has 0 spiro atoms. The van der Waals surface area contributed by atoms with Gasteiger partial charge in [-0.2, -0.15) is 0 Å². The summed E-state index contributed by atoms with van der Waals surface area (Å²) in [4.78, 5) is 19.0. The molecule has 0 radical (unpaired) electrons. The third kappa shape index (κ3) is 4.01. The highest BCUT2D eigenvalue weighted by molar-refractivity contribution is 7.13. The molecule has 3 aromatic rings. The molecule has 1 aliphatic heterocycles. The second-order valence-electron chi connectivity index (χ2n) is 8.04. The Bertz CT molecular complexity index is 1120. The lowest BCUT2D eigenvalue weighted by atomic mass is 9.86. The Morgan fingerprint density at radius 3 is 2.62 bits per heavy atom. The van der Waals surface area contributed by atoms with Gasteiger partial charge < -0.3 is 25.8 Å². The summed E-state index contributed by atoms with van der Waals surface area (Å²) >= 11 is 1.54. The van der Waals surface area contributed by atoms with Crippen LogP contribution in [-0.2, 0) is 4.79 Å². The van der Waals surface area contributed by atoms with Gasteiger partial charge in [-0.15, -0.1) is 11.3 Å². The third-order valence-electron chi connectivity index (χ3n) is 6.16. The van der Waals surface area contributed by atoms with Crippen molar-refractivity contribution in [1.29, 1.82) is 0 Å². The summed E-state index contributed by atoms with van der Waals surface area (Å²) in [5.41, 5.74) is 10.3. The molecule has 0 atom stereocenters. The van der Waals surface area contributed by atoms with Crippen molar-refractivity contribution in [2.45, 2.75) is 32.2 Å². The number of hydrogen-bond donors (Lipinski definition) is 3. The molecule has 32 heavy (non-hydrogen) atoms. The van der Waals surface area contributed by atoms with Crippen LogP contribution in [0.1, 0.15) is 30.0 Å². The molecule has 4 N–H and O–H groups in total. The van der Waals surface area contributed by atoms with Gasteiger partial charge in [-0.3, -0.25) is 4.79 Å². The Hall–Kier alpha value is -3.17.